The van der Waals surface area contributed by atoms with Crippen LogP contribution in [0.2, 0.25) is 0 Å². The third kappa shape index (κ3) is 10.0. The second-order valence-corrected chi connectivity index (χ2v) is 8.98. The van der Waals surface area contributed by atoms with Gasteiger partial charge in [-0.15, -0.1) is 24.0 Å². The van der Waals surface area contributed by atoms with Crippen molar-refractivity contribution in [3.05, 3.63) is 35.4 Å². The number of carbonyl (C=O) groups excluding carboxylic acids is 1. The van der Waals surface area contributed by atoms with Gasteiger partial charge in [0.05, 0.1) is 13.2 Å². The SMILES string of the molecule is CCc1ccc(C(C)(C)CNC(=NCC(=O)N(C)C)NCCCN2CCOCC2)cc1.I. The van der Waals surface area contributed by atoms with Crippen LogP contribution in [0.25, 0.3) is 0 Å². The highest BCUT2D eigenvalue weighted by molar-refractivity contribution is 14.0. The van der Waals surface area contributed by atoms with Gasteiger partial charge in [-0.25, -0.2) is 4.99 Å². The molecule has 182 valence electrons. The van der Waals surface area contributed by atoms with Crippen molar-refractivity contribution >= 4 is 35.8 Å². The minimum atomic E-state index is -0.0614. The second-order valence-electron chi connectivity index (χ2n) is 8.98. The van der Waals surface area contributed by atoms with E-state index in [-0.39, 0.29) is 41.8 Å². The Morgan fingerprint density at radius 2 is 1.81 bits per heavy atom. The topological polar surface area (TPSA) is 69.2 Å². The first-order chi connectivity index (χ1) is 14.8. The van der Waals surface area contributed by atoms with Gasteiger partial charge >= 0.3 is 0 Å². The van der Waals surface area contributed by atoms with Gasteiger partial charge in [0.15, 0.2) is 5.96 Å². The van der Waals surface area contributed by atoms with Gasteiger partial charge in [0.1, 0.15) is 6.54 Å². The molecule has 7 nitrogen and oxygen atoms in total. The van der Waals surface area contributed by atoms with Gasteiger partial charge in [-0.05, 0) is 30.5 Å². The van der Waals surface area contributed by atoms with Gasteiger partial charge in [-0.1, -0.05) is 45.0 Å². The maximum atomic E-state index is 12.0. The summed E-state index contributed by atoms with van der Waals surface area (Å²) in [7, 11) is 3.51. The Morgan fingerprint density at radius 3 is 2.41 bits per heavy atom. The number of halogens is 1. The molecule has 0 spiro atoms. The molecule has 0 aromatic heterocycles. The van der Waals surface area contributed by atoms with Gasteiger partial charge in [0.2, 0.25) is 5.91 Å². The third-order valence-corrected chi connectivity index (χ3v) is 5.76. The lowest BCUT2D eigenvalue weighted by Crippen LogP contribution is -2.45. The van der Waals surface area contributed by atoms with Crippen molar-refractivity contribution in [2.75, 3.05) is 66.6 Å². The molecular weight excluding hydrogens is 517 g/mol. The van der Waals surface area contributed by atoms with E-state index in [2.05, 4.69) is 65.6 Å². The molecule has 1 heterocycles. The number of nitrogens with one attached hydrogen (secondary N) is 2. The van der Waals surface area contributed by atoms with Crippen molar-refractivity contribution in [3.8, 4) is 0 Å². The molecule has 0 unspecified atom stereocenters. The van der Waals surface area contributed by atoms with E-state index in [0.717, 1.165) is 58.8 Å². The second kappa shape index (κ2) is 14.7. The largest absolute Gasteiger partial charge is 0.379 e. The van der Waals surface area contributed by atoms with Crippen molar-refractivity contribution in [3.63, 3.8) is 0 Å². The Morgan fingerprint density at radius 1 is 1.16 bits per heavy atom. The summed E-state index contributed by atoms with van der Waals surface area (Å²) in [6.07, 6.45) is 2.06. The average Bonchev–Trinajstić information content (AvgIpc) is 2.78. The molecule has 1 fully saturated rings. The molecule has 2 rings (SSSR count). The van der Waals surface area contributed by atoms with E-state index < -0.39 is 0 Å². The fourth-order valence-electron chi connectivity index (χ4n) is 3.40. The van der Waals surface area contributed by atoms with Crippen LogP contribution < -0.4 is 10.6 Å². The number of nitrogens with zero attached hydrogens (tertiary/aromatic N) is 3. The predicted octanol–water partition coefficient (Wildman–Crippen LogP) is 2.49. The van der Waals surface area contributed by atoms with Crippen LogP contribution in [0.5, 0.6) is 0 Å². The number of benzene rings is 1. The number of aliphatic imine (C=N–C) groups is 1. The molecule has 1 aliphatic heterocycles. The van der Waals surface area contributed by atoms with Crippen LogP contribution in [0.15, 0.2) is 29.3 Å². The Hall–Kier alpha value is -1.39. The summed E-state index contributed by atoms with van der Waals surface area (Å²) in [5, 5.41) is 6.86. The number of guanidine groups is 1. The Bertz CT molecular complexity index is 701. The summed E-state index contributed by atoms with van der Waals surface area (Å²) in [4.78, 5) is 20.5. The lowest BCUT2D eigenvalue weighted by molar-refractivity contribution is -0.127. The van der Waals surface area contributed by atoms with Crippen LogP contribution >= 0.6 is 24.0 Å². The summed E-state index contributed by atoms with van der Waals surface area (Å²) in [5.41, 5.74) is 2.57. The molecule has 0 saturated carbocycles. The van der Waals surface area contributed by atoms with Crippen LogP contribution in [-0.2, 0) is 21.4 Å². The zero-order valence-electron chi connectivity index (χ0n) is 20.4. The van der Waals surface area contributed by atoms with Gasteiger partial charge < -0.3 is 20.3 Å². The quantitative estimate of drug-likeness (QED) is 0.200. The first-order valence-corrected chi connectivity index (χ1v) is 11.4. The zero-order valence-corrected chi connectivity index (χ0v) is 22.8. The van der Waals surface area contributed by atoms with Crippen LogP contribution in [-0.4, -0.2) is 88.2 Å². The molecule has 1 aromatic rings. The molecule has 0 atom stereocenters. The zero-order chi connectivity index (χ0) is 22.7. The smallest absolute Gasteiger partial charge is 0.243 e. The standard InChI is InChI=1S/C24H41N5O2.HI/c1-6-20-8-10-21(11-9-20)24(2,3)19-27-23(26-18-22(30)28(4)5)25-12-7-13-29-14-16-31-17-15-29;/h8-11H,6-7,12-19H2,1-5H3,(H2,25,26,27);1H. The van der Waals surface area contributed by atoms with Gasteiger partial charge in [-0.2, -0.15) is 0 Å². The van der Waals surface area contributed by atoms with Crippen molar-refractivity contribution in [2.45, 2.75) is 39.0 Å². The van der Waals surface area contributed by atoms with Crippen molar-refractivity contribution in [2.24, 2.45) is 4.99 Å². The van der Waals surface area contributed by atoms with Gasteiger partial charge in [0.25, 0.3) is 0 Å². The van der Waals surface area contributed by atoms with E-state index in [1.807, 2.05) is 0 Å². The molecule has 0 aliphatic carbocycles. The Balaban J connectivity index is 0.00000512. The molecule has 1 aromatic carbocycles. The molecule has 1 saturated heterocycles. The van der Waals surface area contributed by atoms with Crippen LogP contribution in [0.4, 0.5) is 0 Å². The number of morpholine rings is 1. The van der Waals surface area contributed by atoms with E-state index in [1.54, 1.807) is 19.0 Å². The number of likely N-dealkylation sites (N-methyl/N-ethyl adjacent to an activating group) is 1. The minimum absolute atomic E-state index is 0. The molecule has 1 amide bonds. The normalized spacial score (nSPS) is 15.1. The fourth-order valence-corrected chi connectivity index (χ4v) is 3.40. The predicted molar refractivity (Wildman–Crippen MR) is 143 cm³/mol. The Kier molecular flexibility index (Phi) is 13.2. The number of amides is 1. The van der Waals surface area contributed by atoms with Crippen LogP contribution in [0.1, 0.15) is 38.3 Å². The number of aryl methyl sites for hydroxylation is 1. The van der Waals surface area contributed by atoms with Gasteiger partial charge in [-0.3, -0.25) is 9.69 Å². The highest BCUT2D eigenvalue weighted by Crippen LogP contribution is 2.22. The molecule has 32 heavy (non-hydrogen) atoms. The average molecular weight is 560 g/mol. The van der Waals surface area contributed by atoms with Crippen LogP contribution in [0, 0.1) is 0 Å². The fraction of sp³-hybridized carbons (Fsp3) is 0.667. The van der Waals surface area contributed by atoms with E-state index in [0.29, 0.717) is 5.96 Å². The molecular formula is C24H42IN5O2. The highest BCUT2D eigenvalue weighted by atomic mass is 127. The summed E-state index contributed by atoms with van der Waals surface area (Å²) in [5.74, 6) is 0.680. The van der Waals surface area contributed by atoms with E-state index in [9.17, 15) is 4.79 Å². The van der Waals surface area contributed by atoms with Crippen molar-refractivity contribution < 1.29 is 9.53 Å². The molecule has 0 bridgehead atoms. The number of hydrogen-bond acceptors (Lipinski definition) is 4. The summed E-state index contributed by atoms with van der Waals surface area (Å²) >= 11 is 0. The molecule has 2 N–H and O–H groups in total. The number of rotatable bonds is 10. The van der Waals surface area contributed by atoms with Gasteiger partial charge in [0, 0.05) is 45.7 Å². The lowest BCUT2D eigenvalue weighted by Gasteiger charge is -2.28. The van der Waals surface area contributed by atoms with Crippen molar-refractivity contribution in [1.29, 1.82) is 0 Å². The summed E-state index contributed by atoms with van der Waals surface area (Å²) < 4.78 is 5.41. The Labute approximate surface area is 211 Å². The highest BCUT2D eigenvalue weighted by Gasteiger charge is 2.21. The molecule has 8 heteroatoms. The maximum Gasteiger partial charge on any atom is 0.243 e. The minimum Gasteiger partial charge on any atom is -0.379 e. The number of hydrogen-bond donors (Lipinski definition) is 2. The molecule has 1 aliphatic rings. The summed E-state index contributed by atoms with van der Waals surface area (Å²) in [6, 6.07) is 8.82. The lowest BCUT2D eigenvalue weighted by atomic mass is 9.84. The van der Waals surface area contributed by atoms with E-state index >= 15 is 0 Å². The maximum absolute atomic E-state index is 12.0. The molecule has 0 radical (unpaired) electrons. The van der Waals surface area contributed by atoms with Crippen LogP contribution in [0.3, 0.4) is 0 Å². The van der Waals surface area contributed by atoms with E-state index in [1.165, 1.54) is 11.1 Å². The monoisotopic (exact) mass is 559 g/mol. The number of carbonyl (C=O) groups is 1. The third-order valence-electron chi connectivity index (χ3n) is 5.76. The first-order valence-electron chi connectivity index (χ1n) is 11.4. The number of ether oxygens (including phenoxy) is 1. The van der Waals surface area contributed by atoms with E-state index in [4.69, 9.17) is 4.74 Å². The van der Waals surface area contributed by atoms with Crippen molar-refractivity contribution in [1.82, 2.24) is 20.4 Å². The first kappa shape index (κ1) is 28.6. The summed E-state index contributed by atoms with van der Waals surface area (Å²) in [6.45, 7) is 13.0.